The van der Waals surface area contributed by atoms with Gasteiger partial charge in [-0.2, -0.15) is 5.10 Å². The summed E-state index contributed by atoms with van der Waals surface area (Å²) < 4.78 is 15.2. The summed E-state index contributed by atoms with van der Waals surface area (Å²) in [7, 11) is 0. The highest BCUT2D eigenvalue weighted by Gasteiger charge is 2.14. The highest BCUT2D eigenvalue weighted by atomic mass is 32.1. The van der Waals surface area contributed by atoms with Crippen molar-refractivity contribution in [2.45, 2.75) is 13.3 Å². The van der Waals surface area contributed by atoms with Gasteiger partial charge in [-0.25, -0.2) is 14.1 Å². The van der Waals surface area contributed by atoms with E-state index in [2.05, 4.69) is 15.4 Å². The molecule has 2 aromatic carbocycles. The number of rotatable bonds is 6. The first-order chi connectivity index (χ1) is 14.9. The smallest absolute Gasteiger partial charge is 0.277 e. The van der Waals surface area contributed by atoms with Gasteiger partial charge in [0.15, 0.2) is 10.8 Å². The lowest BCUT2D eigenvalue weighted by atomic mass is 10.1. The average Bonchev–Trinajstić information content (AvgIpc) is 3.41. The highest BCUT2D eigenvalue weighted by Crippen LogP contribution is 2.23. The number of hydrogen-bond donors (Lipinski definition) is 1. The lowest BCUT2D eigenvalue weighted by Crippen LogP contribution is -2.12. The number of nitro groups is 1. The molecule has 156 valence electrons. The molecule has 0 radical (unpaired) electrons. The molecule has 10 heteroatoms. The van der Waals surface area contributed by atoms with Crippen molar-refractivity contribution in [3.63, 3.8) is 0 Å². The third-order valence-electron chi connectivity index (χ3n) is 4.54. The Bertz CT molecular complexity index is 1270. The SMILES string of the molecule is Cc1ccc(Cc2cnc(NC(=O)c3ccn(-c4ccc([N+](=O)[O-])cc4)n3)s2)cc1F. The van der Waals surface area contributed by atoms with Gasteiger partial charge in [0.05, 0.1) is 10.6 Å². The predicted octanol–water partition coefficient (Wildman–Crippen LogP) is 4.53. The number of nitrogens with zero attached hydrogens (tertiary/aromatic N) is 4. The highest BCUT2D eigenvalue weighted by molar-refractivity contribution is 7.15. The zero-order chi connectivity index (χ0) is 22.0. The van der Waals surface area contributed by atoms with Crippen LogP contribution in [0.1, 0.15) is 26.5 Å². The quantitative estimate of drug-likeness (QED) is 0.353. The summed E-state index contributed by atoms with van der Waals surface area (Å²) in [5.74, 6) is -0.679. The number of amides is 1. The Morgan fingerprint density at radius 1 is 1.23 bits per heavy atom. The number of anilines is 1. The van der Waals surface area contributed by atoms with Crippen molar-refractivity contribution in [1.29, 1.82) is 0 Å². The topological polar surface area (TPSA) is 103 Å². The maximum atomic E-state index is 13.7. The normalized spacial score (nSPS) is 10.8. The molecule has 0 aliphatic rings. The van der Waals surface area contributed by atoms with E-state index >= 15 is 0 Å². The molecule has 1 N–H and O–H groups in total. The Balaban J connectivity index is 1.42. The van der Waals surface area contributed by atoms with Gasteiger partial charge >= 0.3 is 0 Å². The van der Waals surface area contributed by atoms with Crippen molar-refractivity contribution in [3.05, 3.63) is 98.6 Å². The molecule has 8 nitrogen and oxygen atoms in total. The lowest BCUT2D eigenvalue weighted by molar-refractivity contribution is -0.384. The molecule has 0 fully saturated rings. The minimum Gasteiger partial charge on any atom is -0.296 e. The van der Waals surface area contributed by atoms with Crippen molar-refractivity contribution < 1.29 is 14.1 Å². The van der Waals surface area contributed by atoms with Crippen molar-refractivity contribution in [3.8, 4) is 5.69 Å². The first kappa shape index (κ1) is 20.4. The van der Waals surface area contributed by atoms with Crippen LogP contribution in [0.2, 0.25) is 0 Å². The van der Waals surface area contributed by atoms with Crippen LogP contribution in [-0.4, -0.2) is 25.6 Å². The number of nitrogens with one attached hydrogen (secondary N) is 1. The number of non-ortho nitro benzene ring substituents is 1. The summed E-state index contributed by atoms with van der Waals surface area (Å²) in [4.78, 5) is 27.9. The second kappa shape index (κ2) is 8.44. The maximum Gasteiger partial charge on any atom is 0.277 e. The summed E-state index contributed by atoms with van der Waals surface area (Å²) in [5.41, 5.74) is 2.16. The molecule has 0 saturated heterocycles. The minimum absolute atomic E-state index is 0.0261. The number of thiazole rings is 1. The summed E-state index contributed by atoms with van der Waals surface area (Å²) >= 11 is 1.30. The number of aromatic nitrogens is 3. The van der Waals surface area contributed by atoms with Crippen molar-refractivity contribution in [2.24, 2.45) is 0 Å². The Hall–Kier alpha value is -3.92. The summed E-state index contributed by atoms with van der Waals surface area (Å²) in [6, 6.07) is 12.5. The summed E-state index contributed by atoms with van der Waals surface area (Å²) in [6.07, 6.45) is 3.75. The molecule has 31 heavy (non-hydrogen) atoms. The van der Waals surface area contributed by atoms with Crippen LogP contribution < -0.4 is 5.32 Å². The minimum atomic E-state index is -0.483. The molecule has 0 spiro atoms. The molecule has 2 heterocycles. The molecule has 0 saturated carbocycles. The maximum absolute atomic E-state index is 13.7. The predicted molar refractivity (Wildman–Crippen MR) is 114 cm³/mol. The molecule has 4 rings (SSSR count). The van der Waals surface area contributed by atoms with Crippen molar-refractivity contribution >= 4 is 28.1 Å². The average molecular weight is 437 g/mol. The molecule has 0 unspecified atom stereocenters. The standard InChI is InChI=1S/C21H16FN5O3S/c1-13-2-3-14(11-18(13)22)10-17-12-23-21(31-17)24-20(28)19-8-9-26(25-19)15-4-6-16(7-5-15)27(29)30/h2-9,11-12H,10H2,1H3,(H,23,24,28). The Kier molecular flexibility index (Phi) is 5.54. The van der Waals surface area contributed by atoms with E-state index in [4.69, 9.17) is 0 Å². The van der Waals surface area contributed by atoms with Gasteiger partial charge in [0.25, 0.3) is 11.6 Å². The number of halogens is 1. The fraction of sp³-hybridized carbons (Fsp3) is 0.0952. The number of aryl methyl sites for hydroxylation is 1. The number of benzene rings is 2. The van der Waals surface area contributed by atoms with E-state index in [1.807, 2.05) is 6.07 Å². The van der Waals surface area contributed by atoms with Crippen molar-refractivity contribution in [2.75, 3.05) is 5.32 Å². The molecule has 0 aliphatic heterocycles. The van der Waals surface area contributed by atoms with Crippen LogP contribution in [0.4, 0.5) is 15.2 Å². The van der Waals surface area contributed by atoms with E-state index in [0.717, 1.165) is 10.4 Å². The third kappa shape index (κ3) is 4.64. The first-order valence-electron chi connectivity index (χ1n) is 9.20. The zero-order valence-corrected chi connectivity index (χ0v) is 17.1. The molecule has 0 aliphatic carbocycles. The van der Waals surface area contributed by atoms with E-state index < -0.39 is 10.8 Å². The Morgan fingerprint density at radius 3 is 2.71 bits per heavy atom. The lowest BCUT2D eigenvalue weighted by Gasteiger charge is -2.01. The van der Waals surface area contributed by atoms with Crippen LogP contribution in [0.15, 0.2) is 60.9 Å². The molecule has 4 aromatic rings. The second-order valence-electron chi connectivity index (χ2n) is 6.77. The summed E-state index contributed by atoms with van der Waals surface area (Å²) in [6.45, 7) is 1.71. The Morgan fingerprint density at radius 2 is 2.00 bits per heavy atom. The van der Waals surface area contributed by atoms with Crippen LogP contribution in [-0.2, 0) is 6.42 Å². The molecule has 0 atom stereocenters. The van der Waals surface area contributed by atoms with Gasteiger partial charge in [0.2, 0.25) is 0 Å². The zero-order valence-electron chi connectivity index (χ0n) is 16.3. The van der Waals surface area contributed by atoms with Crippen LogP contribution in [0.3, 0.4) is 0 Å². The van der Waals surface area contributed by atoms with E-state index in [-0.39, 0.29) is 17.2 Å². The molecular weight excluding hydrogens is 421 g/mol. The van der Waals surface area contributed by atoms with Gasteiger partial charge in [-0.15, -0.1) is 11.3 Å². The van der Waals surface area contributed by atoms with E-state index in [1.54, 1.807) is 43.6 Å². The molecule has 0 bridgehead atoms. The molecule has 2 aromatic heterocycles. The van der Waals surface area contributed by atoms with E-state index in [0.29, 0.717) is 22.8 Å². The summed E-state index contributed by atoms with van der Waals surface area (Å²) in [5, 5.41) is 18.1. The van der Waals surface area contributed by atoms with E-state index in [1.165, 1.54) is 34.2 Å². The van der Waals surface area contributed by atoms with Crippen LogP contribution >= 0.6 is 11.3 Å². The van der Waals surface area contributed by atoms with Gasteiger partial charge in [-0.05, 0) is 42.3 Å². The molecule has 1 amide bonds. The second-order valence-corrected chi connectivity index (χ2v) is 7.88. The van der Waals surface area contributed by atoms with Crippen molar-refractivity contribution in [1.82, 2.24) is 14.8 Å². The van der Waals surface area contributed by atoms with Gasteiger partial charge in [0.1, 0.15) is 5.82 Å². The van der Waals surface area contributed by atoms with E-state index in [9.17, 15) is 19.3 Å². The third-order valence-corrected chi connectivity index (χ3v) is 5.45. The number of hydrogen-bond acceptors (Lipinski definition) is 6. The van der Waals surface area contributed by atoms with Crippen LogP contribution in [0.25, 0.3) is 5.69 Å². The van der Waals surface area contributed by atoms with Gasteiger partial charge in [-0.3, -0.25) is 20.2 Å². The largest absolute Gasteiger partial charge is 0.296 e. The number of carbonyl (C=O) groups is 1. The number of nitro benzene ring substituents is 1. The molecular formula is C21H16FN5O3S. The number of carbonyl (C=O) groups excluding carboxylic acids is 1. The van der Waals surface area contributed by atoms with Crippen LogP contribution in [0.5, 0.6) is 0 Å². The van der Waals surface area contributed by atoms with Crippen LogP contribution in [0, 0.1) is 22.9 Å². The fourth-order valence-electron chi connectivity index (χ4n) is 2.87. The van der Waals surface area contributed by atoms with Gasteiger partial charge in [-0.1, -0.05) is 12.1 Å². The van der Waals surface area contributed by atoms with Gasteiger partial charge in [0, 0.05) is 35.8 Å². The first-order valence-corrected chi connectivity index (χ1v) is 10.0. The fourth-order valence-corrected chi connectivity index (χ4v) is 3.71. The van der Waals surface area contributed by atoms with Gasteiger partial charge < -0.3 is 0 Å². The Labute approximate surface area is 180 Å². The monoisotopic (exact) mass is 437 g/mol.